The molecule has 5 heteroatoms. The monoisotopic (exact) mass is 554 g/mol. The predicted octanol–water partition coefficient (Wildman–Crippen LogP) is 6.98. The van der Waals surface area contributed by atoms with Crippen LogP contribution in [0.2, 0.25) is 0 Å². The Balaban J connectivity index is 1.16. The Bertz CT molecular complexity index is 1140. The Kier molecular flexibility index (Phi) is 12.4. The van der Waals surface area contributed by atoms with Crippen molar-refractivity contribution in [2.24, 2.45) is 0 Å². The van der Waals surface area contributed by atoms with Crippen molar-refractivity contribution in [3.05, 3.63) is 121 Å². The van der Waals surface area contributed by atoms with Crippen molar-refractivity contribution in [1.29, 1.82) is 0 Å². The molecular weight excluding hydrogens is 513 g/mol. The summed E-state index contributed by atoms with van der Waals surface area (Å²) >= 11 is 0. The van der Waals surface area contributed by atoms with Gasteiger partial charge in [0.1, 0.15) is 29.8 Å². The van der Waals surface area contributed by atoms with E-state index >= 15 is 0 Å². The van der Waals surface area contributed by atoms with E-state index in [0.717, 1.165) is 6.42 Å². The minimum atomic E-state index is -1.71. The molecule has 0 amide bonds. The van der Waals surface area contributed by atoms with E-state index in [1.54, 1.807) is 18.3 Å². The maximum Gasteiger partial charge on any atom is 0.339 e. The molecule has 0 saturated heterocycles. The second-order valence-corrected chi connectivity index (χ2v) is 13.6. The first-order valence-electron chi connectivity index (χ1n) is 14.5. The lowest BCUT2D eigenvalue weighted by atomic mass is 10.1. The zero-order valence-electron chi connectivity index (χ0n) is 23.4. The van der Waals surface area contributed by atoms with Crippen molar-refractivity contribution in [2.45, 2.75) is 44.9 Å². The first-order chi connectivity index (χ1) is 19.8. The number of pyridine rings is 1. The van der Waals surface area contributed by atoms with Crippen LogP contribution in [0.4, 0.5) is 0 Å². The van der Waals surface area contributed by atoms with Crippen LogP contribution < -0.4 is 15.9 Å². The number of unbranched alkanes of at least 4 members (excludes halogenated alkanes) is 6. The summed E-state index contributed by atoms with van der Waals surface area (Å²) in [7, 11) is -1.71. The van der Waals surface area contributed by atoms with Crippen LogP contribution >= 0.6 is 7.26 Å². The lowest BCUT2D eigenvalue weighted by Crippen LogP contribution is -2.33. The van der Waals surface area contributed by atoms with Crippen molar-refractivity contribution in [1.82, 2.24) is 4.98 Å². The van der Waals surface area contributed by atoms with Gasteiger partial charge in [0.15, 0.2) is 0 Å². The van der Waals surface area contributed by atoms with Gasteiger partial charge in [0.05, 0.1) is 18.3 Å². The molecule has 0 aliphatic heterocycles. The topological polar surface area (TPSA) is 48.4 Å². The summed E-state index contributed by atoms with van der Waals surface area (Å²) in [6, 6.07) is 36.9. The van der Waals surface area contributed by atoms with Gasteiger partial charge in [-0.25, -0.2) is 4.79 Å². The Labute approximate surface area is 240 Å². The molecular formula is C35H41NO3P+. The maximum atomic E-state index is 11.9. The van der Waals surface area contributed by atoms with E-state index in [9.17, 15) is 4.79 Å². The van der Waals surface area contributed by atoms with Crippen molar-refractivity contribution >= 4 is 29.1 Å². The first kappa shape index (κ1) is 29.6. The number of carbonyl (C=O) groups excluding carboxylic acids is 1. The van der Waals surface area contributed by atoms with Gasteiger partial charge in [-0.2, -0.15) is 0 Å². The van der Waals surface area contributed by atoms with Crippen molar-refractivity contribution in [2.75, 3.05) is 26.0 Å². The average molecular weight is 555 g/mol. The highest BCUT2D eigenvalue weighted by Gasteiger charge is 2.44. The summed E-state index contributed by atoms with van der Waals surface area (Å²) < 4.78 is 10.9. The fourth-order valence-corrected chi connectivity index (χ4v) is 9.59. The van der Waals surface area contributed by atoms with E-state index < -0.39 is 7.26 Å². The van der Waals surface area contributed by atoms with Gasteiger partial charge in [0.2, 0.25) is 0 Å². The second-order valence-electron chi connectivity index (χ2n) is 10.0. The molecule has 0 radical (unpaired) electrons. The molecule has 0 atom stereocenters. The van der Waals surface area contributed by atoms with Gasteiger partial charge in [-0.05, 0) is 67.8 Å². The lowest BCUT2D eigenvalue weighted by molar-refractivity contribution is 0.0312. The molecule has 0 aliphatic rings. The summed E-state index contributed by atoms with van der Waals surface area (Å²) in [6.45, 7) is 1.41. The number of hydrogen-bond donors (Lipinski definition) is 0. The summed E-state index contributed by atoms with van der Waals surface area (Å²) in [6.07, 6.45) is 12.8. The molecule has 4 aromatic rings. The highest BCUT2D eigenvalue weighted by Crippen LogP contribution is 2.56. The van der Waals surface area contributed by atoms with Crippen LogP contribution in [0.5, 0.6) is 0 Å². The minimum Gasteiger partial charge on any atom is -0.460 e. The summed E-state index contributed by atoms with van der Waals surface area (Å²) in [4.78, 5) is 15.8. The molecule has 0 N–H and O–H groups in total. The number of hydrogen-bond acceptors (Lipinski definition) is 4. The second kappa shape index (κ2) is 16.7. The van der Waals surface area contributed by atoms with Crippen LogP contribution in [0.15, 0.2) is 116 Å². The van der Waals surface area contributed by atoms with Gasteiger partial charge in [-0.1, -0.05) is 80.3 Å². The van der Waals surface area contributed by atoms with Crippen molar-refractivity contribution in [3.8, 4) is 0 Å². The third-order valence-electron chi connectivity index (χ3n) is 7.23. The molecule has 4 rings (SSSR count). The molecule has 0 unspecified atom stereocenters. The molecule has 208 valence electrons. The highest BCUT2D eigenvalue weighted by molar-refractivity contribution is 7.95. The van der Waals surface area contributed by atoms with Gasteiger partial charge in [-0.15, -0.1) is 0 Å². The molecule has 1 heterocycles. The molecule has 1 aromatic heterocycles. The number of esters is 1. The summed E-state index contributed by atoms with van der Waals surface area (Å²) in [5.41, 5.74) is 0.468. The molecule has 40 heavy (non-hydrogen) atoms. The van der Waals surface area contributed by atoms with E-state index in [1.165, 1.54) is 66.8 Å². The molecule has 4 nitrogen and oxygen atoms in total. The molecule has 0 spiro atoms. The Morgan fingerprint density at radius 1 is 0.575 bits per heavy atom. The third-order valence-corrected chi connectivity index (χ3v) is 11.8. The minimum absolute atomic E-state index is 0.271. The Morgan fingerprint density at radius 2 is 1.10 bits per heavy atom. The number of ether oxygens (including phenoxy) is 2. The van der Waals surface area contributed by atoms with Crippen LogP contribution in [0, 0.1) is 0 Å². The lowest BCUT2D eigenvalue weighted by Gasteiger charge is -2.27. The molecule has 3 aromatic carbocycles. The van der Waals surface area contributed by atoms with E-state index in [-0.39, 0.29) is 12.6 Å². The van der Waals surface area contributed by atoms with E-state index in [1.807, 2.05) is 0 Å². The van der Waals surface area contributed by atoms with Gasteiger partial charge in [0.25, 0.3) is 0 Å². The molecule has 0 bridgehead atoms. The number of benzene rings is 3. The van der Waals surface area contributed by atoms with Crippen LogP contribution in [-0.4, -0.2) is 36.9 Å². The van der Waals surface area contributed by atoms with Crippen LogP contribution in [0.3, 0.4) is 0 Å². The maximum absolute atomic E-state index is 11.9. The smallest absolute Gasteiger partial charge is 0.339 e. The average Bonchev–Trinajstić information content (AvgIpc) is 3.03. The quantitative estimate of drug-likeness (QED) is 0.0803. The highest BCUT2D eigenvalue weighted by atomic mass is 31.2. The number of carbonyl (C=O) groups is 1. The van der Waals surface area contributed by atoms with Crippen molar-refractivity contribution in [3.63, 3.8) is 0 Å². The third kappa shape index (κ3) is 8.58. The van der Waals surface area contributed by atoms with E-state index in [4.69, 9.17) is 9.47 Å². The molecule has 0 aliphatic carbocycles. The van der Waals surface area contributed by atoms with Crippen LogP contribution in [0.1, 0.15) is 55.3 Å². The van der Waals surface area contributed by atoms with Crippen molar-refractivity contribution < 1.29 is 14.3 Å². The fraction of sp³-hybridized carbons (Fsp3) is 0.314. The fourth-order valence-electron chi connectivity index (χ4n) is 5.18. The SMILES string of the molecule is O=C(OCCOCCCCCCCCC[P+](c1ccccc1)(c1ccccc1)c1ccccc1)c1cccnc1. The van der Waals surface area contributed by atoms with Crippen LogP contribution in [-0.2, 0) is 9.47 Å². The Morgan fingerprint density at radius 3 is 1.62 bits per heavy atom. The number of nitrogens with zero attached hydrogens (tertiary/aromatic N) is 1. The largest absolute Gasteiger partial charge is 0.460 e. The zero-order valence-corrected chi connectivity index (χ0v) is 24.3. The van der Waals surface area contributed by atoms with Gasteiger partial charge in [-0.3, -0.25) is 4.98 Å². The first-order valence-corrected chi connectivity index (χ1v) is 16.5. The molecule has 0 saturated carbocycles. The molecule has 0 fully saturated rings. The number of rotatable bonds is 17. The van der Waals surface area contributed by atoms with Gasteiger partial charge >= 0.3 is 5.97 Å². The summed E-state index contributed by atoms with van der Waals surface area (Å²) in [5, 5.41) is 4.41. The van der Waals surface area contributed by atoms with Crippen LogP contribution in [0.25, 0.3) is 0 Å². The van der Waals surface area contributed by atoms with Gasteiger partial charge < -0.3 is 9.47 Å². The standard InChI is InChI=1S/C35H41NO3P/c37-35(31-18-17-25-36-30-31)39-28-27-38-26-15-4-2-1-3-5-16-29-40(32-19-9-6-10-20-32,33-21-11-7-12-22-33)34-23-13-8-14-24-34/h6-14,17-25,30H,1-5,15-16,26-29H2/q+1. The van der Waals surface area contributed by atoms with E-state index in [2.05, 4.69) is 96.0 Å². The normalized spacial score (nSPS) is 11.3. The summed E-state index contributed by atoms with van der Waals surface area (Å²) in [5.74, 6) is -0.354. The van der Waals surface area contributed by atoms with Gasteiger partial charge in [0, 0.05) is 19.0 Å². The number of aromatic nitrogens is 1. The Hall–Kier alpha value is -3.33. The van der Waals surface area contributed by atoms with E-state index in [0.29, 0.717) is 18.8 Å². The zero-order chi connectivity index (χ0) is 27.7. The predicted molar refractivity (Wildman–Crippen MR) is 168 cm³/mol.